The lowest BCUT2D eigenvalue weighted by molar-refractivity contribution is 0.229. The predicted molar refractivity (Wildman–Crippen MR) is 58.5 cm³/mol. The van der Waals surface area contributed by atoms with Crippen molar-refractivity contribution in [2.45, 2.75) is 12.5 Å². The third-order valence-electron chi connectivity index (χ3n) is 2.37. The third-order valence-corrected chi connectivity index (χ3v) is 4.11. The standard InChI is InChI=1S/C10H13NO3S/c11-8-1-3-9(4-2-8)14-10-5-6-15(12,13)7-10/h1-4,10H,5-7,11H2. The van der Waals surface area contributed by atoms with Gasteiger partial charge in [0.2, 0.25) is 0 Å². The second-order valence-corrected chi connectivity index (χ2v) is 5.94. The fraction of sp³-hybridized carbons (Fsp3) is 0.400. The van der Waals surface area contributed by atoms with E-state index in [2.05, 4.69) is 0 Å². The molecular formula is C10H13NO3S. The topological polar surface area (TPSA) is 69.4 Å². The van der Waals surface area contributed by atoms with Crippen molar-refractivity contribution < 1.29 is 13.2 Å². The number of nitrogen functional groups attached to an aromatic ring is 1. The average Bonchev–Trinajstić information content (AvgIpc) is 2.50. The number of benzene rings is 1. The maximum atomic E-state index is 11.2. The molecule has 2 rings (SSSR count). The molecular weight excluding hydrogens is 214 g/mol. The van der Waals surface area contributed by atoms with Crippen LogP contribution < -0.4 is 10.5 Å². The van der Waals surface area contributed by atoms with Crippen LogP contribution in [0.5, 0.6) is 5.75 Å². The summed E-state index contributed by atoms with van der Waals surface area (Å²) in [5.41, 5.74) is 6.19. The first-order valence-corrected chi connectivity index (χ1v) is 6.60. The molecule has 0 aliphatic carbocycles. The van der Waals surface area contributed by atoms with Crippen LogP contribution in [0, 0.1) is 0 Å². The molecule has 1 saturated heterocycles. The predicted octanol–water partition coefficient (Wildman–Crippen LogP) is 0.835. The van der Waals surface area contributed by atoms with Crippen molar-refractivity contribution in [3.05, 3.63) is 24.3 Å². The molecule has 1 aliphatic heterocycles. The molecule has 1 unspecified atom stereocenters. The van der Waals surface area contributed by atoms with Gasteiger partial charge in [-0.05, 0) is 30.7 Å². The van der Waals surface area contributed by atoms with E-state index in [9.17, 15) is 8.42 Å². The van der Waals surface area contributed by atoms with Crippen molar-refractivity contribution >= 4 is 15.5 Å². The van der Waals surface area contributed by atoms with Gasteiger partial charge in [0, 0.05) is 5.69 Å². The zero-order valence-corrected chi connectivity index (χ0v) is 9.03. The maximum Gasteiger partial charge on any atom is 0.154 e. The van der Waals surface area contributed by atoms with Crippen LogP contribution in [-0.4, -0.2) is 26.0 Å². The summed E-state index contributed by atoms with van der Waals surface area (Å²) in [6.07, 6.45) is 0.366. The lowest BCUT2D eigenvalue weighted by Gasteiger charge is -2.11. The van der Waals surface area contributed by atoms with E-state index < -0.39 is 9.84 Å². The average molecular weight is 227 g/mol. The normalized spacial score (nSPS) is 23.9. The summed E-state index contributed by atoms with van der Waals surface area (Å²) in [5, 5.41) is 0. The molecule has 0 saturated carbocycles. The van der Waals surface area contributed by atoms with E-state index in [1.165, 1.54) is 0 Å². The number of sulfone groups is 1. The molecule has 82 valence electrons. The van der Waals surface area contributed by atoms with Gasteiger partial charge in [0.25, 0.3) is 0 Å². The molecule has 0 amide bonds. The van der Waals surface area contributed by atoms with Crippen molar-refractivity contribution in [2.75, 3.05) is 17.2 Å². The Kier molecular flexibility index (Phi) is 2.56. The van der Waals surface area contributed by atoms with Crippen molar-refractivity contribution in [3.63, 3.8) is 0 Å². The Morgan fingerprint density at radius 1 is 1.27 bits per heavy atom. The molecule has 1 fully saturated rings. The minimum Gasteiger partial charge on any atom is -0.489 e. The van der Waals surface area contributed by atoms with Gasteiger partial charge in [-0.25, -0.2) is 8.42 Å². The molecule has 4 nitrogen and oxygen atoms in total. The van der Waals surface area contributed by atoms with Gasteiger partial charge in [0.1, 0.15) is 11.9 Å². The Bertz CT molecular complexity index is 438. The minimum absolute atomic E-state index is 0.122. The molecule has 0 radical (unpaired) electrons. The fourth-order valence-electron chi connectivity index (χ4n) is 1.59. The first-order chi connectivity index (χ1) is 7.05. The SMILES string of the molecule is Nc1ccc(OC2CCS(=O)(=O)C2)cc1. The highest BCUT2D eigenvalue weighted by molar-refractivity contribution is 7.91. The highest BCUT2D eigenvalue weighted by atomic mass is 32.2. The lowest BCUT2D eigenvalue weighted by Crippen LogP contribution is -2.17. The van der Waals surface area contributed by atoms with Crippen LogP contribution in [0.25, 0.3) is 0 Å². The molecule has 1 aromatic rings. The second-order valence-electron chi connectivity index (χ2n) is 3.71. The summed E-state index contributed by atoms with van der Waals surface area (Å²) < 4.78 is 27.9. The smallest absolute Gasteiger partial charge is 0.154 e. The molecule has 15 heavy (non-hydrogen) atoms. The van der Waals surface area contributed by atoms with E-state index in [0.717, 1.165) is 0 Å². The van der Waals surface area contributed by atoms with Gasteiger partial charge in [-0.2, -0.15) is 0 Å². The van der Waals surface area contributed by atoms with E-state index in [0.29, 0.717) is 17.9 Å². The number of anilines is 1. The maximum absolute atomic E-state index is 11.2. The van der Waals surface area contributed by atoms with Crippen molar-refractivity contribution in [2.24, 2.45) is 0 Å². The summed E-state index contributed by atoms with van der Waals surface area (Å²) >= 11 is 0. The van der Waals surface area contributed by atoms with E-state index in [4.69, 9.17) is 10.5 Å². The van der Waals surface area contributed by atoms with Crippen LogP contribution in [0.3, 0.4) is 0 Å². The highest BCUT2D eigenvalue weighted by Crippen LogP contribution is 2.20. The largest absolute Gasteiger partial charge is 0.489 e. The van der Waals surface area contributed by atoms with Crippen LogP contribution in [0.4, 0.5) is 5.69 Å². The zero-order valence-electron chi connectivity index (χ0n) is 8.22. The van der Waals surface area contributed by atoms with Gasteiger partial charge >= 0.3 is 0 Å². The number of nitrogens with two attached hydrogens (primary N) is 1. The third kappa shape index (κ3) is 2.62. The Hall–Kier alpha value is -1.23. The fourth-order valence-corrected chi connectivity index (χ4v) is 3.18. The van der Waals surface area contributed by atoms with Crippen molar-refractivity contribution in [1.29, 1.82) is 0 Å². The van der Waals surface area contributed by atoms with E-state index in [1.807, 2.05) is 0 Å². The molecule has 1 atom stereocenters. The van der Waals surface area contributed by atoms with E-state index in [1.54, 1.807) is 24.3 Å². The molecule has 5 heteroatoms. The summed E-state index contributed by atoms with van der Waals surface area (Å²) in [6.45, 7) is 0. The number of hydrogen-bond acceptors (Lipinski definition) is 4. The highest BCUT2D eigenvalue weighted by Gasteiger charge is 2.29. The van der Waals surface area contributed by atoms with Crippen LogP contribution in [0.15, 0.2) is 24.3 Å². The molecule has 2 N–H and O–H groups in total. The molecule has 1 aliphatic rings. The van der Waals surface area contributed by atoms with Crippen LogP contribution in [-0.2, 0) is 9.84 Å². The van der Waals surface area contributed by atoms with Gasteiger partial charge in [-0.3, -0.25) is 0 Å². The second kappa shape index (κ2) is 3.73. The van der Waals surface area contributed by atoms with Gasteiger partial charge in [0.05, 0.1) is 11.5 Å². The monoisotopic (exact) mass is 227 g/mol. The van der Waals surface area contributed by atoms with Crippen LogP contribution >= 0.6 is 0 Å². The number of hydrogen-bond donors (Lipinski definition) is 1. The Morgan fingerprint density at radius 2 is 1.93 bits per heavy atom. The molecule has 0 spiro atoms. The van der Waals surface area contributed by atoms with Crippen LogP contribution in [0.1, 0.15) is 6.42 Å². The summed E-state index contributed by atoms with van der Waals surface area (Å²) in [5.74, 6) is 1.02. The lowest BCUT2D eigenvalue weighted by atomic mass is 10.3. The number of rotatable bonds is 2. The van der Waals surface area contributed by atoms with Gasteiger partial charge in [-0.15, -0.1) is 0 Å². The molecule has 0 bridgehead atoms. The quantitative estimate of drug-likeness (QED) is 0.760. The molecule has 1 heterocycles. The Balaban J connectivity index is 2.02. The Labute approximate surface area is 89.0 Å². The van der Waals surface area contributed by atoms with Gasteiger partial charge in [0.15, 0.2) is 9.84 Å². The van der Waals surface area contributed by atoms with Crippen LogP contribution in [0.2, 0.25) is 0 Å². The molecule has 0 aromatic heterocycles. The first kappa shape index (κ1) is 10.3. The Morgan fingerprint density at radius 3 is 2.47 bits per heavy atom. The van der Waals surface area contributed by atoms with Gasteiger partial charge in [-0.1, -0.05) is 0 Å². The van der Waals surface area contributed by atoms with Crippen molar-refractivity contribution in [3.8, 4) is 5.75 Å². The summed E-state index contributed by atoms with van der Waals surface area (Å²) in [4.78, 5) is 0. The van der Waals surface area contributed by atoms with E-state index >= 15 is 0 Å². The summed E-state index contributed by atoms with van der Waals surface area (Å²) in [6, 6.07) is 6.97. The van der Waals surface area contributed by atoms with Crippen molar-refractivity contribution in [1.82, 2.24) is 0 Å². The zero-order chi connectivity index (χ0) is 10.9. The van der Waals surface area contributed by atoms with Gasteiger partial charge < -0.3 is 10.5 Å². The minimum atomic E-state index is -2.87. The number of ether oxygens (including phenoxy) is 1. The molecule has 1 aromatic carbocycles. The first-order valence-electron chi connectivity index (χ1n) is 4.78. The summed E-state index contributed by atoms with van der Waals surface area (Å²) in [7, 11) is -2.87. The van der Waals surface area contributed by atoms with E-state index in [-0.39, 0.29) is 17.6 Å².